The Morgan fingerprint density at radius 2 is 1.82 bits per heavy atom. The van der Waals surface area contributed by atoms with E-state index in [1.807, 2.05) is 54.8 Å². The number of allylic oxidation sites excluding steroid dienone is 2. The Labute approximate surface area is 164 Å². The number of nitrogens with zero attached hydrogens (tertiary/aromatic N) is 5. The van der Waals surface area contributed by atoms with E-state index in [1.54, 1.807) is 4.61 Å². The summed E-state index contributed by atoms with van der Waals surface area (Å²) in [6.07, 6.45) is 4.00. The number of morpholine rings is 1. The van der Waals surface area contributed by atoms with Crippen LogP contribution >= 0.6 is 0 Å². The first kappa shape index (κ1) is 16.8. The summed E-state index contributed by atoms with van der Waals surface area (Å²) in [5.41, 5.74) is 5.50. The van der Waals surface area contributed by atoms with Crippen LogP contribution in [0.25, 0.3) is 6.08 Å². The molecule has 1 saturated heterocycles. The third kappa shape index (κ3) is 2.88. The topological polar surface area (TPSA) is 54.9 Å². The zero-order valence-electron chi connectivity index (χ0n) is 15.3. The van der Waals surface area contributed by atoms with E-state index >= 15 is 0 Å². The van der Waals surface area contributed by atoms with Crippen molar-refractivity contribution in [2.45, 2.75) is 0 Å². The number of nitriles is 1. The number of para-hydroxylation sites is 1. The van der Waals surface area contributed by atoms with Gasteiger partial charge in [0.05, 0.1) is 13.2 Å². The average Bonchev–Trinajstić information content (AvgIpc) is 3.12. The first-order valence-electron chi connectivity index (χ1n) is 9.33. The van der Waals surface area contributed by atoms with Crippen LogP contribution in [0.5, 0.6) is 0 Å². The van der Waals surface area contributed by atoms with Crippen LogP contribution in [0.1, 0.15) is 5.56 Å². The normalized spacial score (nSPS) is 19.3. The molecule has 2 aromatic carbocycles. The minimum atomic E-state index is 0.517. The summed E-state index contributed by atoms with van der Waals surface area (Å²) >= 11 is 0. The van der Waals surface area contributed by atoms with Crippen molar-refractivity contribution in [3.05, 3.63) is 71.6 Å². The van der Waals surface area contributed by atoms with Gasteiger partial charge in [-0.1, -0.05) is 24.3 Å². The van der Waals surface area contributed by atoms with Gasteiger partial charge in [-0.05, 0) is 47.1 Å². The predicted molar refractivity (Wildman–Crippen MR) is 108 cm³/mol. The Kier molecular flexibility index (Phi) is 4.19. The number of anilines is 2. The number of azo groups is 1. The van der Waals surface area contributed by atoms with Crippen LogP contribution in [0.4, 0.5) is 17.1 Å². The quantitative estimate of drug-likeness (QED) is 0.764. The zero-order chi connectivity index (χ0) is 18.9. The molecule has 3 aliphatic heterocycles. The van der Waals surface area contributed by atoms with Gasteiger partial charge in [-0.2, -0.15) is 5.26 Å². The molecule has 0 N–H and O–H groups in total. The lowest BCUT2D eigenvalue weighted by atomic mass is 10.0. The van der Waals surface area contributed by atoms with Crippen LogP contribution in [-0.2, 0) is 4.74 Å². The van der Waals surface area contributed by atoms with Gasteiger partial charge in [-0.25, -0.2) is 0 Å². The van der Waals surface area contributed by atoms with E-state index in [-0.39, 0.29) is 0 Å². The predicted octanol–water partition coefficient (Wildman–Crippen LogP) is 3.44. The highest BCUT2D eigenvalue weighted by atomic mass is 16.5. The SMILES string of the molecule is N#CC1=C2C=Cc3ccccc3N2[B][N+]1=Nc1ccc(N2CCOCC2)cc1. The van der Waals surface area contributed by atoms with Gasteiger partial charge in [0.15, 0.2) is 6.07 Å². The van der Waals surface area contributed by atoms with Gasteiger partial charge in [0.25, 0.3) is 0 Å². The van der Waals surface area contributed by atoms with E-state index in [1.165, 1.54) is 5.69 Å². The third-order valence-electron chi connectivity index (χ3n) is 5.13. The molecule has 0 aromatic heterocycles. The lowest BCUT2D eigenvalue weighted by Gasteiger charge is -2.28. The Morgan fingerprint density at radius 3 is 2.61 bits per heavy atom. The number of rotatable bonds is 2. The number of fused-ring (bicyclic) bond motifs is 3. The Hall–Kier alpha value is -3.37. The summed E-state index contributed by atoms with van der Waals surface area (Å²) < 4.78 is 7.07. The molecular formula is C21H18BN5O+. The van der Waals surface area contributed by atoms with Crippen LogP contribution < -0.4 is 9.71 Å². The molecule has 5 rings (SSSR count). The first-order chi connectivity index (χ1) is 13.8. The van der Waals surface area contributed by atoms with Crippen LogP contribution in [0, 0.1) is 11.3 Å². The minimum absolute atomic E-state index is 0.517. The molecule has 7 heteroatoms. The van der Waals surface area contributed by atoms with Crippen molar-refractivity contribution in [2.75, 3.05) is 36.0 Å². The standard InChI is InChI=1S/C21H18BN5O/c23-15-21-20-10-5-16-3-1-2-4-19(16)26(20)22-27(21)24-17-6-8-18(9-7-17)25-11-13-28-14-12-25/h1-10H,11-14H2/q+1. The van der Waals surface area contributed by atoms with Crippen LogP contribution in [0.15, 0.2) is 71.1 Å². The van der Waals surface area contributed by atoms with Crippen molar-refractivity contribution in [1.29, 1.82) is 5.26 Å². The van der Waals surface area contributed by atoms with Gasteiger partial charge in [-0.15, -0.1) is 4.61 Å². The second-order valence-corrected chi connectivity index (χ2v) is 6.78. The van der Waals surface area contributed by atoms with E-state index in [2.05, 4.69) is 34.3 Å². The largest absolute Gasteiger partial charge is 0.729 e. The van der Waals surface area contributed by atoms with E-state index in [9.17, 15) is 5.26 Å². The van der Waals surface area contributed by atoms with Crippen molar-refractivity contribution in [1.82, 2.24) is 0 Å². The van der Waals surface area contributed by atoms with Crippen molar-refractivity contribution in [2.24, 2.45) is 5.11 Å². The highest BCUT2D eigenvalue weighted by Gasteiger charge is 2.43. The highest BCUT2D eigenvalue weighted by Crippen LogP contribution is 2.35. The van der Waals surface area contributed by atoms with Crippen molar-refractivity contribution in [3.63, 3.8) is 0 Å². The van der Waals surface area contributed by atoms with E-state index in [4.69, 9.17) is 4.74 Å². The van der Waals surface area contributed by atoms with Crippen LogP contribution in [-0.4, -0.2) is 38.5 Å². The molecule has 6 nitrogen and oxygen atoms in total. The second kappa shape index (κ2) is 6.99. The number of hydrogen-bond donors (Lipinski definition) is 0. The summed E-state index contributed by atoms with van der Waals surface area (Å²) in [4.78, 5) is 4.32. The molecular weight excluding hydrogens is 349 g/mol. The molecule has 1 fully saturated rings. The fraction of sp³-hybridized carbons (Fsp3) is 0.190. The van der Waals surface area contributed by atoms with Crippen LogP contribution in [0.2, 0.25) is 0 Å². The molecule has 0 saturated carbocycles. The molecule has 28 heavy (non-hydrogen) atoms. The fourth-order valence-corrected chi connectivity index (χ4v) is 3.69. The maximum absolute atomic E-state index is 9.71. The maximum atomic E-state index is 9.71. The number of hydrogen-bond acceptors (Lipinski definition) is 5. The molecule has 2 aromatic rings. The second-order valence-electron chi connectivity index (χ2n) is 6.78. The lowest BCUT2D eigenvalue weighted by Crippen LogP contribution is -2.36. The van der Waals surface area contributed by atoms with Gasteiger partial charge in [0.2, 0.25) is 0 Å². The minimum Gasteiger partial charge on any atom is -0.378 e. The Bertz CT molecular complexity index is 1050. The van der Waals surface area contributed by atoms with Gasteiger partial charge < -0.3 is 14.4 Å². The molecule has 135 valence electrons. The Morgan fingerprint density at radius 1 is 1.04 bits per heavy atom. The van der Waals surface area contributed by atoms with Gasteiger partial charge >= 0.3 is 13.2 Å². The molecule has 3 aliphatic rings. The van der Waals surface area contributed by atoms with Gasteiger partial charge in [-0.3, -0.25) is 0 Å². The van der Waals surface area contributed by atoms with Crippen molar-refractivity contribution < 1.29 is 9.35 Å². The molecule has 0 bridgehead atoms. The molecule has 3 heterocycles. The smallest absolute Gasteiger partial charge is 0.378 e. The third-order valence-corrected chi connectivity index (χ3v) is 5.13. The monoisotopic (exact) mass is 367 g/mol. The molecule has 1 radical (unpaired) electrons. The fourth-order valence-electron chi connectivity index (χ4n) is 3.69. The molecule has 0 unspecified atom stereocenters. The number of benzene rings is 2. The lowest BCUT2D eigenvalue weighted by molar-refractivity contribution is -0.385. The Balaban J connectivity index is 1.44. The summed E-state index contributed by atoms with van der Waals surface area (Å²) in [5.74, 6) is 0. The van der Waals surface area contributed by atoms with E-state index in [0.29, 0.717) is 5.70 Å². The summed E-state index contributed by atoms with van der Waals surface area (Å²) in [5, 5.41) is 14.4. The average molecular weight is 367 g/mol. The van der Waals surface area contributed by atoms with Crippen molar-refractivity contribution in [3.8, 4) is 6.07 Å². The van der Waals surface area contributed by atoms with Crippen molar-refractivity contribution >= 4 is 30.7 Å². The van der Waals surface area contributed by atoms with Gasteiger partial charge in [0.1, 0.15) is 11.4 Å². The summed E-state index contributed by atoms with van der Waals surface area (Å²) in [6.45, 7) is 3.33. The summed E-state index contributed by atoms with van der Waals surface area (Å²) in [7, 11) is 1.87. The summed E-state index contributed by atoms with van der Waals surface area (Å²) in [6, 6.07) is 18.5. The van der Waals surface area contributed by atoms with E-state index < -0.39 is 0 Å². The molecule has 0 atom stereocenters. The zero-order valence-corrected chi connectivity index (χ0v) is 15.3. The first-order valence-corrected chi connectivity index (χ1v) is 9.33. The maximum Gasteiger partial charge on any atom is 0.729 e. The molecule has 0 spiro atoms. The van der Waals surface area contributed by atoms with E-state index in [0.717, 1.165) is 48.9 Å². The highest BCUT2D eigenvalue weighted by molar-refractivity contribution is 6.36. The van der Waals surface area contributed by atoms with Gasteiger partial charge in [0, 0.05) is 24.5 Å². The van der Waals surface area contributed by atoms with Crippen LogP contribution in [0.3, 0.4) is 0 Å². The molecule has 0 aliphatic carbocycles. The molecule has 0 amide bonds. The number of ether oxygens (including phenoxy) is 1.